The minimum Gasteiger partial charge on any atom is -0.455 e. The van der Waals surface area contributed by atoms with Crippen molar-refractivity contribution in [2.75, 3.05) is 5.73 Å². The Hall–Kier alpha value is -2.77. The van der Waals surface area contributed by atoms with Crippen molar-refractivity contribution in [2.45, 2.75) is 32.7 Å². The molecule has 0 aliphatic rings. The Morgan fingerprint density at radius 1 is 0.906 bits per heavy atom. The second-order valence-corrected chi connectivity index (χ2v) is 8.79. The Balaban J connectivity index is 1.68. The molecule has 1 aromatic heterocycles. The standard InChI is InChI=1S/C25H22BrF3N2O/c1-16-2-5-18-6-9-20(30)12-22(18)23(16)15-31(13-17-3-7-19(26)8-4-17)14-21-10-11-24(32-21)25(27,28)29/h2-12H,13-15,30H2,1H3. The first-order valence-electron chi connectivity index (χ1n) is 10.1. The molecule has 0 bridgehead atoms. The molecule has 0 fully saturated rings. The van der Waals surface area contributed by atoms with Crippen molar-refractivity contribution in [1.29, 1.82) is 0 Å². The van der Waals surface area contributed by atoms with Gasteiger partial charge in [0.05, 0.1) is 6.54 Å². The summed E-state index contributed by atoms with van der Waals surface area (Å²) in [6, 6.07) is 20.2. The lowest BCUT2D eigenvalue weighted by Gasteiger charge is -2.24. The lowest BCUT2D eigenvalue weighted by Crippen LogP contribution is -2.23. The van der Waals surface area contributed by atoms with E-state index in [1.165, 1.54) is 6.07 Å². The summed E-state index contributed by atoms with van der Waals surface area (Å²) in [5.41, 5.74) is 9.95. The highest BCUT2D eigenvalue weighted by Gasteiger charge is 2.34. The third kappa shape index (κ3) is 5.16. The average molecular weight is 503 g/mol. The number of hydrogen-bond donors (Lipinski definition) is 1. The van der Waals surface area contributed by atoms with Gasteiger partial charge in [0.2, 0.25) is 5.76 Å². The molecule has 4 aromatic rings. The zero-order valence-corrected chi connectivity index (χ0v) is 19.0. The van der Waals surface area contributed by atoms with Crippen LogP contribution in [-0.2, 0) is 25.8 Å². The third-order valence-electron chi connectivity index (χ3n) is 5.41. The Labute approximate surface area is 192 Å². The summed E-state index contributed by atoms with van der Waals surface area (Å²) in [5, 5.41) is 2.11. The first kappa shape index (κ1) is 22.4. The Kier molecular flexibility index (Phi) is 6.31. The largest absolute Gasteiger partial charge is 0.455 e. The van der Waals surface area contributed by atoms with E-state index in [1.807, 2.05) is 49.4 Å². The lowest BCUT2D eigenvalue weighted by atomic mass is 9.98. The van der Waals surface area contributed by atoms with Crippen molar-refractivity contribution in [3.63, 3.8) is 0 Å². The number of fused-ring (bicyclic) bond motifs is 1. The zero-order chi connectivity index (χ0) is 22.9. The highest BCUT2D eigenvalue weighted by Crippen LogP contribution is 2.32. The molecule has 32 heavy (non-hydrogen) atoms. The van der Waals surface area contributed by atoms with Crippen molar-refractivity contribution in [1.82, 2.24) is 4.90 Å². The molecule has 0 aliphatic heterocycles. The first-order chi connectivity index (χ1) is 15.2. The van der Waals surface area contributed by atoms with Crippen LogP contribution in [0.1, 0.15) is 28.2 Å². The number of anilines is 1. The maximum Gasteiger partial charge on any atom is 0.449 e. The van der Waals surface area contributed by atoms with Gasteiger partial charge in [-0.25, -0.2) is 0 Å². The van der Waals surface area contributed by atoms with Gasteiger partial charge in [-0.05, 0) is 70.8 Å². The van der Waals surface area contributed by atoms with Crippen molar-refractivity contribution in [3.8, 4) is 0 Å². The van der Waals surface area contributed by atoms with Gasteiger partial charge in [0.25, 0.3) is 0 Å². The number of nitrogen functional groups attached to an aromatic ring is 1. The number of rotatable bonds is 6. The van der Waals surface area contributed by atoms with E-state index in [9.17, 15) is 13.2 Å². The monoisotopic (exact) mass is 502 g/mol. The van der Waals surface area contributed by atoms with Crippen molar-refractivity contribution < 1.29 is 17.6 Å². The molecule has 0 amide bonds. The number of furan rings is 1. The fourth-order valence-corrected chi connectivity index (χ4v) is 4.06. The van der Waals surface area contributed by atoms with Gasteiger partial charge >= 0.3 is 6.18 Å². The number of alkyl halides is 3. The van der Waals surface area contributed by atoms with E-state index in [0.717, 1.165) is 38.0 Å². The molecule has 0 unspecified atom stereocenters. The number of aryl methyl sites for hydroxylation is 1. The van der Waals surface area contributed by atoms with E-state index in [2.05, 4.69) is 33.0 Å². The number of benzene rings is 3. The number of halogens is 4. The summed E-state index contributed by atoms with van der Waals surface area (Å²) < 4.78 is 45.1. The quantitative estimate of drug-likeness (QED) is 0.281. The van der Waals surface area contributed by atoms with Crippen LogP contribution < -0.4 is 5.73 Å². The Morgan fingerprint density at radius 3 is 2.31 bits per heavy atom. The molecule has 1 heterocycles. The Bertz CT molecular complexity index is 1230. The zero-order valence-electron chi connectivity index (χ0n) is 17.4. The van der Waals surface area contributed by atoms with Gasteiger partial charge in [0.15, 0.2) is 0 Å². The lowest BCUT2D eigenvalue weighted by molar-refractivity contribution is -0.153. The minimum absolute atomic E-state index is 0.240. The van der Waals surface area contributed by atoms with Crippen LogP contribution in [0.5, 0.6) is 0 Å². The van der Waals surface area contributed by atoms with Crippen LogP contribution in [0, 0.1) is 6.92 Å². The summed E-state index contributed by atoms with van der Waals surface area (Å²) in [6.07, 6.45) is -4.50. The molecule has 0 atom stereocenters. The highest BCUT2D eigenvalue weighted by molar-refractivity contribution is 9.10. The first-order valence-corrected chi connectivity index (χ1v) is 10.9. The van der Waals surface area contributed by atoms with Gasteiger partial charge in [0, 0.05) is 23.2 Å². The van der Waals surface area contributed by atoms with E-state index in [0.29, 0.717) is 18.8 Å². The van der Waals surface area contributed by atoms with Crippen LogP contribution in [-0.4, -0.2) is 4.90 Å². The SMILES string of the molecule is Cc1ccc2ccc(N)cc2c1CN(Cc1ccc(Br)cc1)Cc1ccc(C(F)(F)F)o1. The predicted octanol–water partition coefficient (Wildman–Crippen LogP) is 7.31. The van der Waals surface area contributed by atoms with Gasteiger partial charge < -0.3 is 10.2 Å². The normalized spacial score (nSPS) is 12.1. The van der Waals surface area contributed by atoms with Gasteiger partial charge in [-0.2, -0.15) is 13.2 Å². The van der Waals surface area contributed by atoms with Gasteiger partial charge in [-0.1, -0.05) is 46.3 Å². The number of nitrogens with zero attached hydrogens (tertiary/aromatic N) is 1. The molecule has 166 valence electrons. The van der Waals surface area contributed by atoms with Crippen molar-refractivity contribution in [2.24, 2.45) is 0 Å². The fourth-order valence-electron chi connectivity index (χ4n) is 3.79. The smallest absolute Gasteiger partial charge is 0.449 e. The summed E-state index contributed by atoms with van der Waals surface area (Å²) in [4.78, 5) is 2.08. The summed E-state index contributed by atoms with van der Waals surface area (Å²) in [5.74, 6) is -0.711. The third-order valence-corrected chi connectivity index (χ3v) is 5.94. The topological polar surface area (TPSA) is 42.4 Å². The van der Waals surface area contributed by atoms with Crippen LogP contribution in [0.2, 0.25) is 0 Å². The fraction of sp³-hybridized carbons (Fsp3) is 0.200. The second-order valence-electron chi connectivity index (χ2n) is 7.88. The van der Waals surface area contributed by atoms with E-state index in [1.54, 1.807) is 0 Å². The molecule has 0 saturated carbocycles. The van der Waals surface area contributed by atoms with E-state index in [4.69, 9.17) is 10.2 Å². The number of nitrogens with two attached hydrogens (primary N) is 1. The minimum atomic E-state index is -4.50. The van der Waals surface area contributed by atoms with Crippen LogP contribution in [0.4, 0.5) is 18.9 Å². The summed E-state index contributed by atoms with van der Waals surface area (Å²) in [7, 11) is 0. The van der Waals surface area contributed by atoms with Crippen molar-refractivity contribution in [3.05, 3.63) is 99.4 Å². The average Bonchev–Trinajstić information content (AvgIpc) is 3.21. The van der Waals surface area contributed by atoms with Crippen LogP contribution >= 0.6 is 15.9 Å². The molecule has 0 saturated heterocycles. The predicted molar refractivity (Wildman–Crippen MR) is 124 cm³/mol. The molecule has 3 aromatic carbocycles. The van der Waals surface area contributed by atoms with Crippen LogP contribution in [0.3, 0.4) is 0 Å². The number of hydrogen-bond acceptors (Lipinski definition) is 3. The molecule has 0 spiro atoms. The molecule has 0 aliphatic carbocycles. The summed E-state index contributed by atoms with van der Waals surface area (Å²) in [6.45, 7) is 3.35. The maximum atomic E-state index is 13.0. The summed E-state index contributed by atoms with van der Waals surface area (Å²) >= 11 is 3.44. The van der Waals surface area contributed by atoms with E-state index in [-0.39, 0.29) is 12.3 Å². The van der Waals surface area contributed by atoms with Crippen LogP contribution in [0.15, 0.2) is 75.6 Å². The molecule has 2 N–H and O–H groups in total. The van der Waals surface area contributed by atoms with Crippen molar-refractivity contribution >= 4 is 32.4 Å². The molecule has 7 heteroatoms. The second kappa shape index (κ2) is 9.00. The molecular weight excluding hydrogens is 481 g/mol. The van der Waals surface area contributed by atoms with E-state index >= 15 is 0 Å². The highest BCUT2D eigenvalue weighted by atomic mass is 79.9. The van der Waals surface area contributed by atoms with Gasteiger partial charge in [0.1, 0.15) is 5.76 Å². The molecule has 0 radical (unpaired) electrons. The Morgan fingerprint density at radius 2 is 1.62 bits per heavy atom. The molecule has 4 rings (SSSR count). The van der Waals surface area contributed by atoms with E-state index < -0.39 is 11.9 Å². The maximum absolute atomic E-state index is 13.0. The van der Waals surface area contributed by atoms with Gasteiger partial charge in [-0.3, -0.25) is 4.90 Å². The van der Waals surface area contributed by atoms with Crippen LogP contribution in [0.25, 0.3) is 10.8 Å². The molecule has 3 nitrogen and oxygen atoms in total. The van der Waals surface area contributed by atoms with Gasteiger partial charge in [-0.15, -0.1) is 0 Å². The molecular formula is C25H22BrF3N2O.